The van der Waals surface area contributed by atoms with Gasteiger partial charge in [-0.05, 0) is 19.4 Å². The molecular formula is C12H17NO. The molecule has 76 valence electrons. The van der Waals surface area contributed by atoms with Gasteiger partial charge in [-0.1, -0.05) is 30.3 Å². The molecule has 1 saturated heterocycles. The van der Waals surface area contributed by atoms with Crippen molar-refractivity contribution in [3.63, 3.8) is 0 Å². The van der Waals surface area contributed by atoms with E-state index in [1.165, 1.54) is 5.56 Å². The normalized spacial score (nSPS) is 32.9. The Morgan fingerprint density at radius 2 is 1.93 bits per heavy atom. The van der Waals surface area contributed by atoms with Crippen LogP contribution in [0.1, 0.15) is 25.5 Å². The van der Waals surface area contributed by atoms with Gasteiger partial charge in [0.1, 0.15) is 0 Å². The molecule has 1 aliphatic rings. The third-order valence-electron chi connectivity index (χ3n) is 2.66. The summed E-state index contributed by atoms with van der Waals surface area (Å²) in [5.41, 5.74) is 1.26. The minimum atomic E-state index is 0.201. The Kier molecular flexibility index (Phi) is 2.85. The molecule has 0 aliphatic carbocycles. The molecule has 3 atom stereocenters. The number of ether oxygens (including phenoxy) is 1. The third kappa shape index (κ3) is 1.97. The first-order valence-corrected chi connectivity index (χ1v) is 5.20. The minimum absolute atomic E-state index is 0.201. The predicted octanol–water partition coefficient (Wildman–Crippen LogP) is 2.12. The van der Waals surface area contributed by atoms with Crippen LogP contribution in [0.2, 0.25) is 0 Å². The topological polar surface area (TPSA) is 21.3 Å². The molecule has 2 rings (SSSR count). The van der Waals surface area contributed by atoms with Gasteiger partial charge in [0.25, 0.3) is 0 Å². The van der Waals surface area contributed by atoms with Crippen LogP contribution in [0.15, 0.2) is 30.3 Å². The quantitative estimate of drug-likeness (QED) is 0.734. The van der Waals surface area contributed by atoms with E-state index in [0.29, 0.717) is 12.1 Å². The second-order valence-corrected chi connectivity index (χ2v) is 4.02. The molecule has 0 amide bonds. The summed E-state index contributed by atoms with van der Waals surface area (Å²) >= 11 is 0. The van der Waals surface area contributed by atoms with Gasteiger partial charge in [-0.25, -0.2) is 0 Å². The van der Waals surface area contributed by atoms with Crippen LogP contribution in [-0.2, 0) is 4.74 Å². The standard InChI is InChI=1S/C12H17NO/c1-9-8-14-12(10(2)13-9)11-6-4-3-5-7-11/h3-7,9-10,12-13H,8H2,1-2H3/t9-,10-,12-/m1/s1. The fraction of sp³-hybridized carbons (Fsp3) is 0.500. The number of hydrogen-bond donors (Lipinski definition) is 1. The average Bonchev–Trinajstić information content (AvgIpc) is 2.19. The van der Waals surface area contributed by atoms with Gasteiger partial charge in [-0.3, -0.25) is 0 Å². The first kappa shape index (κ1) is 9.69. The highest BCUT2D eigenvalue weighted by atomic mass is 16.5. The molecule has 1 aromatic rings. The van der Waals surface area contributed by atoms with Gasteiger partial charge in [0, 0.05) is 12.1 Å². The van der Waals surface area contributed by atoms with E-state index in [9.17, 15) is 0 Å². The predicted molar refractivity (Wildman–Crippen MR) is 57.2 cm³/mol. The summed E-state index contributed by atoms with van der Waals surface area (Å²) < 4.78 is 5.83. The Morgan fingerprint density at radius 1 is 1.21 bits per heavy atom. The molecule has 2 nitrogen and oxygen atoms in total. The summed E-state index contributed by atoms with van der Waals surface area (Å²) in [6.07, 6.45) is 0.201. The van der Waals surface area contributed by atoms with Crippen molar-refractivity contribution in [1.82, 2.24) is 5.32 Å². The van der Waals surface area contributed by atoms with Crippen LogP contribution in [0.3, 0.4) is 0 Å². The summed E-state index contributed by atoms with van der Waals surface area (Å²) in [7, 11) is 0. The van der Waals surface area contributed by atoms with Crippen molar-refractivity contribution < 1.29 is 4.74 Å². The molecule has 0 spiro atoms. The number of morpholine rings is 1. The lowest BCUT2D eigenvalue weighted by molar-refractivity contribution is -0.0207. The molecular weight excluding hydrogens is 174 g/mol. The lowest BCUT2D eigenvalue weighted by Gasteiger charge is -2.34. The van der Waals surface area contributed by atoms with E-state index in [1.807, 2.05) is 6.07 Å². The number of nitrogens with one attached hydrogen (secondary N) is 1. The van der Waals surface area contributed by atoms with Gasteiger partial charge in [0.05, 0.1) is 12.7 Å². The zero-order valence-electron chi connectivity index (χ0n) is 8.73. The monoisotopic (exact) mass is 191 g/mol. The van der Waals surface area contributed by atoms with Crippen LogP contribution in [0.5, 0.6) is 0 Å². The van der Waals surface area contributed by atoms with E-state index in [1.54, 1.807) is 0 Å². The van der Waals surface area contributed by atoms with Crippen LogP contribution < -0.4 is 5.32 Å². The summed E-state index contributed by atoms with van der Waals surface area (Å²) in [5.74, 6) is 0. The fourth-order valence-corrected chi connectivity index (χ4v) is 2.00. The van der Waals surface area contributed by atoms with Crippen LogP contribution in [0.25, 0.3) is 0 Å². The van der Waals surface area contributed by atoms with Crippen molar-refractivity contribution in [2.75, 3.05) is 6.61 Å². The van der Waals surface area contributed by atoms with Crippen molar-refractivity contribution >= 4 is 0 Å². The maximum atomic E-state index is 5.83. The van der Waals surface area contributed by atoms with Gasteiger partial charge < -0.3 is 10.1 Å². The fourth-order valence-electron chi connectivity index (χ4n) is 2.00. The number of hydrogen-bond acceptors (Lipinski definition) is 2. The molecule has 14 heavy (non-hydrogen) atoms. The van der Waals surface area contributed by atoms with E-state index >= 15 is 0 Å². The van der Waals surface area contributed by atoms with Crippen molar-refractivity contribution in [2.24, 2.45) is 0 Å². The second kappa shape index (κ2) is 4.11. The number of benzene rings is 1. The Hall–Kier alpha value is -0.860. The Morgan fingerprint density at radius 3 is 2.57 bits per heavy atom. The van der Waals surface area contributed by atoms with E-state index < -0.39 is 0 Å². The molecule has 0 radical (unpaired) electrons. The lowest BCUT2D eigenvalue weighted by atomic mass is 10.0. The molecule has 1 N–H and O–H groups in total. The molecule has 1 heterocycles. The van der Waals surface area contributed by atoms with Gasteiger partial charge in [0.2, 0.25) is 0 Å². The Bertz CT molecular complexity index is 286. The van der Waals surface area contributed by atoms with Gasteiger partial charge in [-0.2, -0.15) is 0 Å². The SMILES string of the molecule is C[C@@H]1CO[C@@H](c2ccccc2)[C@@H](C)N1. The molecule has 1 aromatic carbocycles. The molecule has 1 aliphatic heterocycles. The largest absolute Gasteiger partial charge is 0.370 e. The smallest absolute Gasteiger partial charge is 0.0975 e. The molecule has 0 bridgehead atoms. The van der Waals surface area contributed by atoms with Gasteiger partial charge in [-0.15, -0.1) is 0 Å². The lowest BCUT2D eigenvalue weighted by Crippen LogP contribution is -2.47. The summed E-state index contributed by atoms with van der Waals surface area (Å²) in [5, 5.41) is 3.50. The van der Waals surface area contributed by atoms with Crippen molar-refractivity contribution in [2.45, 2.75) is 32.0 Å². The van der Waals surface area contributed by atoms with E-state index in [-0.39, 0.29) is 6.10 Å². The first-order chi connectivity index (χ1) is 6.77. The van der Waals surface area contributed by atoms with Crippen molar-refractivity contribution in [3.8, 4) is 0 Å². The third-order valence-corrected chi connectivity index (χ3v) is 2.66. The highest BCUT2D eigenvalue weighted by Crippen LogP contribution is 2.24. The highest BCUT2D eigenvalue weighted by molar-refractivity contribution is 5.19. The molecule has 2 heteroatoms. The second-order valence-electron chi connectivity index (χ2n) is 4.02. The maximum Gasteiger partial charge on any atom is 0.0975 e. The summed E-state index contributed by atoms with van der Waals surface area (Å²) in [4.78, 5) is 0. The first-order valence-electron chi connectivity index (χ1n) is 5.20. The van der Waals surface area contributed by atoms with Gasteiger partial charge >= 0.3 is 0 Å². The summed E-state index contributed by atoms with van der Waals surface area (Å²) in [6, 6.07) is 11.3. The molecule has 0 aromatic heterocycles. The van der Waals surface area contributed by atoms with Gasteiger partial charge in [0.15, 0.2) is 0 Å². The van der Waals surface area contributed by atoms with Crippen LogP contribution >= 0.6 is 0 Å². The zero-order valence-corrected chi connectivity index (χ0v) is 8.73. The van der Waals surface area contributed by atoms with E-state index in [4.69, 9.17) is 4.74 Å². The van der Waals surface area contributed by atoms with E-state index in [0.717, 1.165) is 6.61 Å². The number of rotatable bonds is 1. The molecule has 0 unspecified atom stereocenters. The highest BCUT2D eigenvalue weighted by Gasteiger charge is 2.26. The maximum absolute atomic E-state index is 5.83. The van der Waals surface area contributed by atoms with Crippen molar-refractivity contribution in [3.05, 3.63) is 35.9 Å². The molecule has 0 saturated carbocycles. The van der Waals surface area contributed by atoms with Crippen LogP contribution in [0.4, 0.5) is 0 Å². The molecule has 1 fully saturated rings. The van der Waals surface area contributed by atoms with Crippen LogP contribution in [-0.4, -0.2) is 18.7 Å². The van der Waals surface area contributed by atoms with Crippen molar-refractivity contribution in [1.29, 1.82) is 0 Å². The zero-order chi connectivity index (χ0) is 9.97. The Balaban J connectivity index is 2.12. The summed E-state index contributed by atoms with van der Waals surface area (Å²) in [6.45, 7) is 5.12. The average molecular weight is 191 g/mol. The van der Waals surface area contributed by atoms with Crippen LogP contribution in [0, 0.1) is 0 Å². The minimum Gasteiger partial charge on any atom is -0.370 e. The van der Waals surface area contributed by atoms with E-state index in [2.05, 4.69) is 43.4 Å². The Labute approximate surface area is 85.3 Å².